The number of hydrogen-bond donors (Lipinski definition) is 2. The van der Waals surface area contributed by atoms with Crippen molar-refractivity contribution in [1.29, 1.82) is 0 Å². The lowest BCUT2D eigenvalue weighted by Gasteiger charge is -2.35. The molecule has 1 saturated heterocycles. The van der Waals surface area contributed by atoms with E-state index in [1.54, 1.807) is 18.0 Å². The zero-order valence-corrected chi connectivity index (χ0v) is 13.0. The van der Waals surface area contributed by atoms with E-state index in [2.05, 4.69) is 0 Å². The van der Waals surface area contributed by atoms with Crippen LogP contribution in [-0.2, 0) is 4.74 Å². The maximum Gasteiger partial charge on any atom is 0.254 e. The minimum absolute atomic E-state index is 0.112. The van der Waals surface area contributed by atoms with Crippen LogP contribution in [0.5, 0.6) is 0 Å². The smallest absolute Gasteiger partial charge is 0.254 e. The predicted molar refractivity (Wildman–Crippen MR) is 82.3 cm³/mol. The van der Waals surface area contributed by atoms with Crippen molar-refractivity contribution in [1.82, 2.24) is 4.90 Å². The monoisotopic (exact) mass is 292 g/mol. The molecule has 5 heteroatoms. The summed E-state index contributed by atoms with van der Waals surface area (Å²) in [7, 11) is 1.71. The minimum Gasteiger partial charge on any atom is -0.398 e. The molecule has 0 radical (unpaired) electrons. The summed E-state index contributed by atoms with van der Waals surface area (Å²) in [5, 5.41) is 10.5. The van der Waals surface area contributed by atoms with Crippen molar-refractivity contribution >= 4 is 11.6 Å². The lowest BCUT2D eigenvalue weighted by atomic mass is 9.93. The van der Waals surface area contributed by atoms with Gasteiger partial charge in [0.25, 0.3) is 5.91 Å². The second-order valence-corrected chi connectivity index (χ2v) is 6.02. The number of aliphatic hydroxyl groups is 1. The van der Waals surface area contributed by atoms with Gasteiger partial charge in [-0.25, -0.2) is 0 Å². The summed E-state index contributed by atoms with van der Waals surface area (Å²) in [4.78, 5) is 14.1. The molecule has 0 saturated carbocycles. The molecule has 1 aliphatic heterocycles. The molecule has 0 atom stereocenters. The van der Waals surface area contributed by atoms with E-state index in [1.807, 2.05) is 19.9 Å². The Morgan fingerprint density at radius 1 is 1.33 bits per heavy atom. The van der Waals surface area contributed by atoms with Crippen molar-refractivity contribution in [3.8, 4) is 0 Å². The van der Waals surface area contributed by atoms with E-state index in [0.717, 1.165) is 11.1 Å². The Bertz CT molecular complexity index is 537. The number of nitrogens with zero attached hydrogens (tertiary/aromatic N) is 1. The molecular weight excluding hydrogens is 268 g/mol. The van der Waals surface area contributed by atoms with Gasteiger partial charge >= 0.3 is 0 Å². The van der Waals surface area contributed by atoms with Gasteiger partial charge < -0.3 is 20.5 Å². The van der Waals surface area contributed by atoms with Gasteiger partial charge in [0.15, 0.2) is 0 Å². The second-order valence-electron chi connectivity index (χ2n) is 6.02. The highest BCUT2D eigenvalue weighted by molar-refractivity contribution is 5.96. The Morgan fingerprint density at radius 2 is 1.95 bits per heavy atom. The number of nitrogens with two attached hydrogens (primary N) is 1. The molecule has 1 aliphatic rings. The number of anilines is 1. The third-order valence-corrected chi connectivity index (χ3v) is 4.15. The average molecular weight is 292 g/mol. The van der Waals surface area contributed by atoms with Crippen LogP contribution in [0.2, 0.25) is 0 Å². The van der Waals surface area contributed by atoms with E-state index in [9.17, 15) is 9.90 Å². The first-order valence-corrected chi connectivity index (χ1v) is 7.25. The summed E-state index contributed by atoms with van der Waals surface area (Å²) >= 11 is 0. The Kier molecular flexibility index (Phi) is 4.54. The van der Waals surface area contributed by atoms with Gasteiger partial charge in [0.2, 0.25) is 0 Å². The lowest BCUT2D eigenvalue weighted by molar-refractivity contribution is -0.0734. The van der Waals surface area contributed by atoms with E-state index in [1.165, 1.54) is 0 Å². The van der Waals surface area contributed by atoms with Gasteiger partial charge in [-0.1, -0.05) is 6.07 Å². The van der Waals surface area contributed by atoms with E-state index >= 15 is 0 Å². The van der Waals surface area contributed by atoms with Crippen LogP contribution in [-0.4, -0.2) is 48.3 Å². The van der Waals surface area contributed by atoms with E-state index in [-0.39, 0.29) is 5.91 Å². The van der Waals surface area contributed by atoms with Gasteiger partial charge in [0.05, 0.1) is 5.60 Å². The highest BCUT2D eigenvalue weighted by Crippen LogP contribution is 2.23. The number of likely N-dealkylation sites (N-methyl/N-ethyl adjacent to an activating group) is 1. The Balaban J connectivity index is 2.14. The fourth-order valence-corrected chi connectivity index (χ4v) is 2.73. The number of aryl methyl sites for hydroxylation is 2. The molecule has 0 bridgehead atoms. The van der Waals surface area contributed by atoms with Gasteiger partial charge in [-0.3, -0.25) is 4.79 Å². The number of nitrogen functional groups attached to an aromatic ring is 1. The fraction of sp³-hybridized carbons (Fsp3) is 0.562. The van der Waals surface area contributed by atoms with Crippen LogP contribution in [0.3, 0.4) is 0 Å². The summed E-state index contributed by atoms with van der Waals surface area (Å²) in [5.41, 5.74) is 8.12. The van der Waals surface area contributed by atoms with Gasteiger partial charge in [-0.05, 0) is 31.0 Å². The van der Waals surface area contributed by atoms with Crippen molar-refractivity contribution in [2.24, 2.45) is 0 Å². The Morgan fingerprint density at radius 3 is 2.57 bits per heavy atom. The zero-order chi connectivity index (χ0) is 15.6. The Hall–Kier alpha value is -1.59. The van der Waals surface area contributed by atoms with Gasteiger partial charge in [0.1, 0.15) is 0 Å². The number of benzene rings is 1. The van der Waals surface area contributed by atoms with Crippen molar-refractivity contribution in [2.75, 3.05) is 32.5 Å². The van der Waals surface area contributed by atoms with Gasteiger partial charge in [-0.2, -0.15) is 0 Å². The molecule has 1 fully saturated rings. The highest BCUT2D eigenvalue weighted by Gasteiger charge is 2.32. The third-order valence-electron chi connectivity index (χ3n) is 4.15. The first-order valence-electron chi connectivity index (χ1n) is 7.25. The molecule has 0 unspecified atom stereocenters. The summed E-state index contributed by atoms with van der Waals surface area (Å²) in [6, 6.07) is 3.64. The highest BCUT2D eigenvalue weighted by atomic mass is 16.5. The number of carbonyl (C=O) groups is 1. The van der Waals surface area contributed by atoms with Gasteiger partial charge in [0, 0.05) is 50.9 Å². The fourth-order valence-electron chi connectivity index (χ4n) is 2.73. The summed E-state index contributed by atoms with van der Waals surface area (Å²) in [5.74, 6) is -0.112. The summed E-state index contributed by atoms with van der Waals surface area (Å²) < 4.78 is 5.26. The molecule has 21 heavy (non-hydrogen) atoms. The van der Waals surface area contributed by atoms with Crippen LogP contribution in [0.1, 0.15) is 34.3 Å². The Labute approximate surface area is 125 Å². The molecule has 1 aromatic carbocycles. The third kappa shape index (κ3) is 3.54. The van der Waals surface area contributed by atoms with E-state index < -0.39 is 5.60 Å². The van der Waals surface area contributed by atoms with Crippen molar-refractivity contribution < 1.29 is 14.6 Å². The second kappa shape index (κ2) is 6.03. The zero-order valence-electron chi connectivity index (χ0n) is 13.0. The molecule has 1 heterocycles. The van der Waals surface area contributed by atoms with Crippen LogP contribution >= 0.6 is 0 Å². The molecule has 5 nitrogen and oxygen atoms in total. The number of carbonyl (C=O) groups excluding carboxylic acids is 1. The molecule has 0 aliphatic carbocycles. The van der Waals surface area contributed by atoms with Crippen LogP contribution in [0.15, 0.2) is 12.1 Å². The predicted octanol–water partition coefficient (Wildman–Crippen LogP) is 1.50. The number of rotatable bonds is 3. The number of ether oxygens (including phenoxy) is 1. The van der Waals surface area contributed by atoms with E-state index in [4.69, 9.17) is 10.5 Å². The van der Waals surface area contributed by atoms with Crippen molar-refractivity contribution in [3.63, 3.8) is 0 Å². The topological polar surface area (TPSA) is 75.8 Å². The number of hydrogen-bond acceptors (Lipinski definition) is 4. The first kappa shape index (κ1) is 15.8. The summed E-state index contributed by atoms with van der Waals surface area (Å²) in [6.07, 6.45) is 1.11. The SMILES string of the molecule is Cc1cc(C)c(C(=O)N(C)CC2(O)CCOCC2)cc1N. The normalized spacial score (nSPS) is 17.5. The maximum atomic E-state index is 12.6. The van der Waals surface area contributed by atoms with Gasteiger partial charge in [-0.15, -0.1) is 0 Å². The summed E-state index contributed by atoms with van der Waals surface area (Å²) in [6.45, 7) is 5.20. The quantitative estimate of drug-likeness (QED) is 0.828. The average Bonchev–Trinajstić information content (AvgIpc) is 2.42. The van der Waals surface area contributed by atoms with Crippen LogP contribution in [0.25, 0.3) is 0 Å². The number of amides is 1. The molecule has 1 amide bonds. The molecule has 2 rings (SSSR count). The first-order chi connectivity index (χ1) is 9.82. The standard InChI is InChI=1S/C16H24N2O3/c1-11-8-12(2)14(17)9-13(11)15(19)18(3)10-16(20)4-6-21-7-5-16/h8-9,20H,4-7,10,17H2,1-3H3. The van der Waals surface area contributed by atoms with Crippen molar-refractivity contribution in [3.05, 3.63) is 28.8 Å². The van der Waals surface area contributed by atoms with Crippen LogP contribution in [0, 0.1) is 13.8 Å². The van der Waals surface area contributed by atoms with Crippen LogP contribution < -0.4 is 5.73 Å². The molecule has 1 aromatic rings. The molecule has 116 valence electrons. The largest absolute Gasteiger partial charge is 0.398 e. The molecule has 3 N–H and O–H groups in total. The van der Waals surface area contributed by atoms with Crippen molar-refractivity contribution in [2.45, 2.75) is 32.3 Å². The molecule has 0 aromatic heterocycles. The minimum atomic E-state index is -0.854. The molecular formula is C16H24N2O3. The van der Waals surface area contributed by atoms with E-state index in [0.29, 0.717) is 43.9 Å². The molecule has 0 spiro atoms. The van der Waals surface area contributed by atoms with Crippen LogP contribution in [0.4, 0.5) is 5.69 Å². The lowest BCUT2D eigenvalue weighted by Crippen LogP contribution is -2.47. The maximum absolute atomic E-state index is 12.6.